The first kappa shape index (κ1) is 28.5. The summed E-state index contributed by atoms with van der Waals surface area (Å²) in [5, 5.41) is 3.22. The lowest BCUT2D eigenvalue weighted by Gasteiger charge is -2.33. The summed E-state index contributed by atoms with van der Waals surface area (Å²) in [5.74, 6) is -0.852. The van der Waals surface area contributed by atoms with Gasteiger partial charge in [0.2, 0.25) is 11.8 Å². The van der Waals surface area contributed by atoms with Crippen molar-refractivity contribution in [1.82, 2.24) is 10.2 Å². The third-order valence-electron chi connectivity index (χ3n) is 5.68. The Labute approximate surface area is 228 Å². The summed E-state index contributed by atoms with van der Waals surface area (Å²) in [6, 6.07) is 20.6. The van der Waals surface area contributed by atoms with Crippen LogP contribution in [0.25, 0.3) is 0 Å². The van der Waals surface area contributed by atoms with E-state index in [1.54, 1.807) is 32.0 Å². The molecule has 3 rings (SSSR count). The van der Waals surface area contributed by atoms with Crippen LogP contribution in [0.2, 0.25) is 10.0 Å². The minimum atomic E-state index is -4.18. The van der Waals surface area contributed by atoms with E-state index in [4.69, 9.17) is 23.2 Å². The van der Waals surface area contributed by atoms with Crippen LogP contribution in [-0.4, -0.2) is 44.3 Å². The summed E-state index contributed by atoms with van der Waals surface area (Å²) in [6.07, 6.45) is 0.346. The molecule has 0 radical (unpaired) electrons. The fourth-order valence-corrected chi connectivity index (χ4v) is 5.86. The Kier molecular flexibility index (Phi) is 9.97. The molecule has 1 unspecified atom stereocenters. The van der Waals surface area contributed by atoms with Crippen molar-refractivity contribution in [1.29, 1.82) is 0 Å². The van der Waals surface area contributed by atoms with Crippen LogP contribution in [0.5, 0.6) is 0 Å². The van der Waals surface area contributed by atoms with Gasteiger partial charge in [-0.05, 0) is 49.2 Å². The molecule has 0 spiro atoms. The Balaban J connectivity index is 2.07. The number of carbonyl (C=O) groups is 2. The second-order valence-corrected chi connectivity index (χ2v) is 11.0. The van der Waals surface area contributed by atoms with Gasteiger partial charge in [-0.25, -0.2) is 8.42 Å². The lowest BCUT2D eigenvalue weighted by molar-refractivity contribution is -0.140. The van der Waals surface area contributed by atoms with Crippen molar-refractivity contribution >= 4 is 50.7 Å². The molecule has 0 saturated carbocycles. The Morgan fingerprint density at radius 3 is 2.00 bits per heavy atom. The second-order valence-electron chi connectivity index (χ2n) is 8.28. The van der Waals surface area contributed by atoms with E-state index in [0.29, 0.717) is 13.0 Å². The number of hydrogen-bond acceptors (Lipinski definition) is 4. The number of hydrogen-bond donors (Lipinski definition) is 1. The molecule has 0 fully saturated rings. The lowest BCUT2D eigenvalue weighted by atomic mass is 10.1. The van der Waals surface area contributed by atoms with Gasteiger partial charge in [-0.3, -0.25) is 13.9 Å². The molecule has 3 aromatic rings. The smallest absolute Gasteiger partial charge is 0.264 e. The normalized spacial score (nSPS) is 12.0. The molecule has 0 saturated heterocycles. The molecule has 0 aliphatic rings. The monoisotopic (exact) mass is 561 g/mol. The third kappa shape index (κ3) is 7.25. The van der Waals surface area contributed by atoms with Crippen molar-refractivity contribution in [3.63, 3.8) is 0 Å². The summed E-state index contributed by atoms with van der Waals surface area (Å²) in [5.41, 5.74) is 0.947. The number of rotatable bonds is 11. The molecule has 1 atom stereocenters. The number of anilines is 1. The molecule has 10 heteroatoms. The molecule has 1 N–H and O–H groups in total. The van der Waals surface area contributed by atoms with Crippen molar-refractivity contribution in [3.05, 3.63) is 94.5 Å². The molecular formula is C27H29Cl2N3O4S. The van der Waals surface area contributed by atoms with Gasteiger partial charge in [-0.15, -0.1) is 0 Å². The van der Waals surface area contributed by atoms with Crippen molar-refractivity contribution < 1.29 is 18.0 Å². The number of amides is 2. The van der Waals surface area contributed by atoms with Crippen molar-refractivity contribution in [2.75, 3.05) is 17.4 Å². The molecular weight excluding hydrogens is 533 g/mol. The standard InChI is InChI=1S/C27H29Cl2N3O4S/c1-3-25(27(34)30-4-2)31(18-20-11-7-5-8-12-20)26(33)19-32(23-16-21(28)15-22(29)17-23)37(35,36)24-13-9-6-10-14-24/h5-17,25H,3-4,18-19H2,1-2H3,(H,30,34). The Bertz CT molecular complexity index is 1300. The average Bonchev–Trinajstić information content (AvgIpc) is 2.87. The summed E-state index contributed by atoms with van der Waals surface area (Å²) < 4.78 is 28.5. The van der Waals surface area contributed by atoms with Gasteiger partial charge in [0.1, 0.15) is 12.6 Å². The molecule has 2 amide bonds. The molecule has 37 heavy (non-hydrogen) atoms. The molecule has 0 aliphatic carbocycles. The molecule has 3 aromatic carbocycles. The first-order valence-corrected chi connectivity index (χ1v) is 14.0. The van der Waals surface area contributed by atoms with Gasteiger partial charge < -0.3 is 10.2 Å². The van der Waals surface area contributed by atoms with E-state index in [9.17, 15) is 18.0 Å². The number of likely N-dealkylation sites (N-methyl/N-ethyl adjacent to an activating group) is 1. The zero-order valence-corrected chi connectivity index (χ0v) is 22.9. The van der Waals surface area contributed by atoms with E-state index in [0.717, 1.165) is 9.87 Å². The second kappa shape index (κ2) is 12.9. The Morgan fingerprint density at radius 2 is 1.46 bits per heavy atom. The number of benzene rings is 3. The van der Waals surface area contributed by atoms with Crippen molar-refractivity contribution in [3.8, 4) is 0 Å². The van der Waals surface area contributed by atoms with Crippen LogP contribution in [0.3, 0.4) is 0 Å². The number of nitrogens with zero attached hydrogens (tertiary/aromatic N) is 2. The third-order valence-corrected chi connectivity index (χ3v) is 7.90. The highest BCUT2D eigenvalue weighted by Gasteiger charge is 2.33. The fraction of sp³-hybridized carbons (Fsp3) is 0.259. The van der Waals surface area contributed by atoms with Crippen LogP contribution >= 0.6 is 23.2 Å². The largest absolute Gasteiger partial charge is 0.355 e. The molecule has 0 aliphatic heterocycles. The van der Waals surface area contributed by atoms with Crippen LogP contribution in [0, 0.1) is 0 Å². The van der Waals surface area contributed by atoms with Crippen LogP contribution in [-0.2, 0) is 26.2 Å². The molecule has 0 heterocycles. The van der Waals surface area contributed by atoms with E-state index >= 15 is 0 Å². The Hall–Kier alpha value is -3.07. The molecule has 0 bridgehead atoms. The SMILES string of the molecule is CCNC(=O)C(CC)N(Cc1ccccc1)C(=O)CN(c1cc(Cl)cc(Cl)c1)S(=O)(=O)c1ccccc1. The van der Waals surface area contributed by atoms with Crippen molar-refractivity contribution in [2.24, 2.45) is 0 Å². The van der Waals surface area contributed by atoms with E-state index in [-0.39, 0.29) is 33.1 Å². The fourth-order valence-electron chi connectivity index (χ4n) is 3.92. The van der Waals surface area contributed by atoms with Gasteiger partial charge in [0, 0.05) is 23.1 Å². The molecule has 196 valence electrons. The average molecular weight is 563 g/mol. The van der Waals surface area contributed by atoms with Gasteiger partial charge in [0.05, 0.1) is 10.6 Å². The minimum absolute atomic E-state index is 0.00396. The predicted molar refractivity (Wildman–Crippen MR) is 147 cm³/mol. The van der Waals surface area contributed by atoms with Gasteiger partial charge in [-0.1, -0.05) is 78.7 Å². The highest BCUT2D eigenvalue weighted by atomic mass is 35.5. The maximum atomic E-state index is 13.9. The zero-order valence-electron chi connectivity index (χ0n) is 20.6. The van der Waals surface area contributed by atoms with Gasteiger partial charge in [0.25, 0.3) is 10.0 Å². The zero-order chi connectivity index (χ0) is 27.0. The summed E-state index contributed by atoms with van der Waals surface area (Å²) >= 11 is 12.4. The van der Waals surface area contributed by atoms with E-state index in [1.165, 1.54) is 35.2 Å². The number of carbonyl (C=O) groups excluding carboxylic acids is 2. The van der Waals surface area contributed by atoms with E-state index < -0.39 is 28.5 Å². The topological polar surface area (TPSA) is 86.8 Å². The van der Waals surface area contributed by atoms with Crippen LogP contribution in [0.1, 0.15) is 25.8 Å². The quantitative estimate of drug-likeness (QED) is 0.351. The van der Waals surface area contributed by atoms with Gasteiger partial charge >= 0.3 is 0 Å². The first-order valence-electron chi connectivity index (χ1n) is 11.8. The summed E-state index contributed by atoms with van der Waals surface area (Å²) in [7, 11) is -4.18. The lowest BCUT2D eigenvalue weighted by Crippen LogP contribution is -2.52. The van der Waals surface area contributed by atoms with Crippen LogP contribution in [0.4, 0.5) is 5.69 Å². The number of sulfonamides is 1. The van der Waals surface area contributed by atoms with E-state index in [1.807, 2.05) is 30.3 Å². The van der Waals surface area contributed by atoms with Gasteiger partial charge in [0.15, 0.2) is 0 Å². The molecule has 0 aromatic heterocycles. The Morgan fingerprint density at radius 1 is 0.892 bits per heavy atom. The van der Waals surface area contributed by atoms with Crippen molar-refractivity contribution in [2.45, 2.75) is 37.8 Å². The summed E-state index contributed by atoms with van der Waals surface area (Å²) in [4.78, 5) is 28.2. The summed E-state index contributed by atoms with van der Waals surface area (Å²) in [6.45, 7) is 3.57. The van der Waals surface area contributed by atoms with Gasteiger partial charge in [-0.2, -0.15) is 0 Å². The minimum Gasteiger partial charge on any atom is -0.355 e. The first-order chi connectivity index (χ1) is 17.7. The van der Waals surface area contributed by atoms with Crippen LogP contribution < -0.4 is 9.62 Å². The highest BCUT2D eigenvalue weighted by molar-refractivity contribution is 7.92. The van der Waals surface area contributed by atoms with E-state index in [2.05, 4.69) is 5.32 Å². The number of nitrogens with one attached hydrogen (secondary N) is 1. The molecule has 7 nitrogen and oxygen atoms in total. The maximum Gasteiger partial charge on any atom is 0.264 e. The highest BCUT2D eigenvalue weighted by Crippen LogP contribution is 2.30. The number of halogens is 2. The maximum absolute atomic E-state index is 13.9. The predicted octanol–water partition coefficient (Wildman–Crippen LogP) is 5.13. The van der Waals surface area contributed by atoms with Crippen LogP contribution in [0.15, 0.2) is 83.8 Å².